The fourth-order valence-electron chi connectivity index (χ4n) is 3.97. The first kappa shape index (κ1) is 16.9. The Morgan fingerprint density at radius 1 is 1.23 bits per heavy atom. The SMILES string of the molecule is CN1CC2(CCCN(c3ccnc4c(C(F)(F)F)cccc34)C2)OC1=O. The molecule has 0 radical (unpaired) electrons. The molecule has 138 valence electrons. The molecule has 0 N–H and O–H groups in total. The van der Waals surface area contributed by atoms with Gasteiger partial charge in [0.25, 0.3) is 0 Å². The number of hydrogen-bond donors (Lipinski definition) is 0. The maximum Gasteiger partial charge on any atom is 0.418 e. The largest absolute Gasteiger partial charge is 0.439 e. The molecule has 26 heavy (non-hydrogen) atoms. The zero-order valence-corrected chi connectivity index (χ0v) is 14.2. The quantitative estimate of drug-likeness (QED) is 0.774. The number of carbonyl (C=O) groups excluding carboxylic acids is 1. The van der Waals surface area contributed by atoms with Gasteiger partial charge in [-0.3, -0.25) is 4.98 Å². The van der Waals surface area contributed by atoms with E-state index >= 15 is 0 Å². The molecular formula is C18H18F3N3O2. The van der Waals surface area contributed by atoms with Crippen molar-refractivity contribution < 1.29 is 22.7 Å². The van der Waals surface area contributed by atoms with Gasteiger partial charge in [0, 0.05) is 30.9 Å². The zero-order valence-electron chi connectivity index (χ0n) is 14.2. The van der Waals surface area contributed by atoms with Crippen LogP contribution in [0.1, 0.15) is 18.4 Å². The Kier molecular flexibility index (Phi) is 3.75. The molecule has 1 amide bonds. The van der Waals surface area contributed by atoms with Gasteiger partial charge in [-0.05, 0) is 25.0 Å². The topological polar surface area (TPSA) is 45.7 Å². The van der Waals surface area contributed by atoms with Gasteiger partial charge in [0.2, 0.25) is 0 Å². The van der Waals surface area contributed by atoms with Gasteiger partial charge < -0.3 is 14.5 Å². The molecule has 1 spiro atoms. The summed E-state index contributed by atoms with van der Waals surface area (Å²) in [6, 6.07) is 5.83. The van der Waals surface area contributed by atoms with Crippen molar-refractivity contribution in [3.8, 4) is 0 Å². The van der Waals surface area contributed by atoms with Crippen LogP contribution < -0.4 is 4.90 Å². The van der Waals surface area contributed by atoms with Gasteiger partial charge in [0.05, 0.1) is 24.2 Å². The van der Waals surface area contributed by atoms with Crippen molar-refractivity contribution >= 4 is 22.7 Å². The van der Waals surface area contributed by atoms with E-state index in [0.29, 0.717) is 30.7 Å². The Morgan fingerprint density at radius 2 is 2.04 bits per heavy atom. The molecule has 3 heterocycles. The molecule has 1 aromatic carbocycles. The van der Waals surface area contributed by atoms with Crippen LogP contribution >= 0.6 is 0 Å². The molecule has 2 saturated heterocycles. The van der Waals surface area contributed by atoms with E-state index in [-0.39, 0.29) is 11.6 Å². The van der Waals surface area contributed by atoms with Crippen molar-refractivity contribution in [3.63, 3.8) is 0 Å². The van der Waals surface area contributed by atoms with Crippen molar-refractivity contribution in [2.75, 3.05) is 31.6 Å². The van der Waals surface area contributed by atoms with Crippen molar-refractivity contribution in [1.82, 2.24) is 9.88 Å². The number of fused-ring (bicyclic) bond motifs is 1. The van der Waals surface area contributed by atoms with Gasteiger partial charge in [-0.2, -0.15) is 13.2 Å². The van der Waals surface area contributed by atoms with Crippen LogP contribution in [0.15, 0.2) is 30.5 Å². The zero-order chi connectivity index (χ0) is 18.5. The lowest BCUT2D eigenvalue weighted by molar-refractivity contribution is -0.136. The summed E-state index contributed by atoms with van der Waals surface area (Å²) < 4.78 is 45.5. The molecule has 1 aromatic heterocycles. The summed E-state index contributed by atoms with van der Waals surface area (Å²) in [6.07, 6.45) is -1.87. The van der Waals surface area contributed by atoms with Crippen LogP contribution in [0, 0.1) is 0 Å². The van der Waals surface area contributed by atoms with Crippen LogP contribution in [0.5, 0.6) is 0 Å². The summed E-state index contributed by atoms with van der Waals surface area (Å²) in [7, 11) is 1.69. The third kappa shape index (κ3) is 2.73. The lowest BCUT2D eigenvalue weighted by atomic mass is 9.92. The minimum absolute atomic E-state index is 0.0577. The lowest BCUT2D eigenvalue weighted by Gasteiger charge is -2.40. The first-order valence-electron chi connectivity index (χ1n) is 8.43. The number of likely N-dealkylation sites (N-methyl/N-ethyl adjacent to an activating group) is 1. The Balaban J connectivity index is 1.74. The molecule has 2 fully saturated rings. The molecule has 5 nitrogen and oxygen atoms in total. The molecule has 1 unspecified atom stereocenters. The molecule has 2 aliphatic heterocycles. The number of rotatable bonds is 1. The van der Waals surface area contributed by atoms with Crippen molar-refractivity contribution in [2.24, 2.45) is 0 Å². The highest BCUT2D eigenvalue weighted by molar-refractivity contribution is 5.93. The van der Waals surface area contributed by atoms with E-state index in [1.54, 1.807) is 19.2 Å². The fraction of sp³-hybridized carbons (Fsp3) is 0.444. The van der Waals surface area contributed by atoms with Crippen LogP contribution in [0.3, 0.4) is 0 Å². The number of benzene rings is 1. The van der Waals surface area contributed by atoms with Crippen LogP contribution in [0.2, 0.25) is 0 Å². The Labute approximate surface area is 148 Å². The minimum Gasteiger partial charge on any atom is -0.439 e. The third-order valence-electron chi connectivity index (χ3n) is 5.07. The summed E-state index contributed by atoms with van der Waals surface area (Å²) in [5.41, 5.74) is -0.722. The van der Waals surface area contributed by atoms with E-state index in [2.05, 4.69) is 4.98 Å². The van der Waals surface area contributed by atoms with Crippen LogP contribution in [-0.2, 0) is 10.9 Å². The predicted octanol–water partition coefficient (Wildman–Crippen LogP) is 3.67. The molecule has 8 heteroatoms. The normalized spacial score (nSPS) is 23.8. The maximum atomic E-state index is 13.3. The van der Waals surface area contributed by atoms with E-state index in [1.807, 2.05) is 4.90 Å². The molecule has 2 aromatic rings. The number of ether oxygens (including phenoxy) is 1. The van der Waals surface area contributed by atoms with E-state index < -0.39 is 17.3 Å². The van der Waals surface area contributed by atoms with Gasteiger partial charge >= 0.3 is 12.3 Å². The number of amides is 1. The van der Waals surface area contributed by atoms with E-state index in [0.717, 1.165) is 18.9 Å². The number of para-hydroxylation sites is 1. The first-order valence-corrected chi connectivity index (χ1v) is 8.43. The van der Waals surface area contributed by atoms with Crippen molar-refractivity contribution in [3.05, 3.63) is 36.0 Å². The average Bonchev–Trinajstić information content (AvgIpc) is 2.86. The smallest absolute Gasteiger partial charge is 0.418 e. The number of piperidine rings is 1. The van der Waals surface area contributed by atoms with E-state index in [1.165, 1.54) is 17.2 Å². The summed E-state index contributed by atoms with van der Waals surface area (Å²) >= 11 is 0. The van der Waals surface area contributed by atoms with Crippen molar-refractivity contribution in [2.45, 2.75) is 24.6 Å². The standard InChI is InChI=1S/C18H18F3N3O2/c1-23-10-17(26-16(23)25)7-3-9-24(11-17)14-6-8-22-15-12(14)4-2-5-13(15)18(19,20)21/h2,4-6,8H,3,7,9-11H2,1H3. The summed E-state index contributed by atoms with van der Waals surface area (Å²) in [4.78, 5) is 19.3. The highest BCUT2D eigenvalue weighted by Gasteiger charge is 2.46. The third-order valence-corrected chi connectivity index (χ3v) is 5.07. The molecule has 0 aliphatic carbocycles. The fourth-order valence-corrected chi connectivity index (χ4v) is 3.97. The summed E-state index contributed by atoms with van der Waals surface area (Å²) in [5, 5.41) is 0.456. The van der Waals surface area contributed by atoms with Gasteiger partial charge in [-0.15, -0.1) is 0 Å². The number of aromatic nitrogens is 1. The van der Waals surface area contributed by atoms with Gasteiger partial charge in [0.1, 0.15) is 5.60 Å². The van der Waals surface area contributed by atoms with Gasteiger partial charge in [-0.1, -0.05) is 12.1 Å². The Bertz CT molecular complexity index is 870. The number of alkyl halides is 3. The number of carbonyl (C=O) groups is 1. The molecule has 0 bridgehead atoms. The predicted molar refractivity (Wildman–Crippen MR) is 90.0 cm³/mol. The second-order valence-electron chi connectivity index (χ2n) is 6.96. The summed E-state index contributed by atoms with van der Waals surface area (Å²) in [6.45, 7) is 1.63. The second kappa shape index (κ2) is 5.75. The van der Waals surface area contributed by atoms with Crippen LogP contribution in [-0.4, -0.2) is 48.3 Å². The van der Waals surface area contributed by atoms with Gasteiger partial charge in [0.15, 0.2) is 0 Å². The van der Waals surface area contributed by atoms with Crippen LogP contribution in [0.4, 0.5) is 23.7 Å². The van der Waals surface area contributed by atoms with Crippen molar-refractivity contribution in [1.29, 1.82) is 0 Å². The highest BCUT2D eigenvalue weighted by atomic mass is 19.4. The lowest BCUT2D eigenvalue weighted by Crippen LogP contribution is -2.50. The molecular weight excluding hydrogens is 347 g/mol. The molecule has 4 rings (SSSR count). The number of anilines is 1. The number of halogens is 3. The van der Waals surface area contributed by atoms with Crippen LogP contribution in [0.25, 0.3) is 10.9 Å². The second-order valence-corrected chi connectivity index (χ2v) is 6.96. The average molecular weight is 365 g/mol. The molecule has 2 aliphatic rings. The Morgan fingerprint density at radius 3 is 2.73 bits per heavy atom. The molecule has 1 atom stereocenters. The molecule has 0 saturated carbocycles. The highest BCUT2D eigenvalue weighted by Crippen LogP contribution is 2.39. The maximum absolute atomic E-state index is 13.3. The van der Waals surface area contributed by atoms with E-state index in [4.69, 9.17) is 4.74 Å². The Hall–Kier alpha value is -2.51. The monoisotopic (exact) mass is 365 g/mol. The number of pyridine rings is 1. The number of hydrogen-bond acceptors (Lipinski definition) is 4. The van der Waals surface area contributed by atoms with E-state index in [9.17, 15) is 18.0 Å². The number of nitrogens with zero attached hydrogens (tertiary/aromatic N) is 3. The summed E-state index contributed by atoms with van der Waals surface area (Å²) in [5.74, 6) is 0. The first-order chi connectivity index (χ1) is 12.3. The minimum atomic E-state index is -4.46. The van der Waals surface area contributed by atoms with Gasteiger partial charge in [-0.25, -0.2) is 4.79 Å².